The van der Waals surface area contributed by atoms with Gasteiger partial charge < -0.3 is 9.88 Å². The number of hydrogen-bond acceptors (Lipinski definition) is 4. The lowest BCUT2D eigenvalue weighted by atomic mass is 9.87. The first-order chi connectivity index (χ1) is 11.5. The van der Waals surface area contributed by atoms with Crippen LogP contribution in [0.2, 0.25) is 5.02 Å². The Labute approximate surface area is 148 Å². The van der Waals surface area contributed by atoms with Gasteiger partial charge in [0.15, 0.2) is 5.16 Å². The summed E-state index contributed by atoms with van der Waals surface area (Å²) in [6, 6.07) is 7.20. The molecule has 1 amide bonds. The summed E-state index contributed by atoms with van der Waals surface area (Å²) < 4.78 is 1.75. The van der Waals surface area contributed by atoms with Crippen molar-refractivity contribution in [2.24, 2.45) is 7.05 Å². The van der Waals surface area contributed by atoms with E-state index >= 15 is 0 Å². The van der Waals surface area contributed by atoms with E-state index in [1.54, 1.807) is 29.8 Å². The second-order valence-electron chi connectivity index (χ2n) is 5.48. The number of nitrogens with one attached hydrogen (secondary N) is 1. The summed E-state index contributed by atoms with van der Waals surface area (Å²) in [7, 11) is 1.79. The Morgan fingerprint density at radius 3 is 2.79 bits per heavy atom. The Hall–Kier alpha value is -2.05. The highest BCUT2D eigenvalue weighted by Gasteiger charge is 2.31. The summed E-state index contributed by atoms with van der Waals surface area (Å²) in [6.07, 6.45) is 1.95. The number of benzene rings is 1. The highest BCUT2D eigenvalue weighted by molar-refractivity contribution is 7.99. The third-order valence-corrected chi connectivity index (χ3v) is 5.18. The molecule has 7 heteroatoms. The Morgan fingerprint density at radius 2 is 2.12 bits per heavy atom. The molecule has 0 radical (unpaired) electrons. The van der Waals surface area contributed by atoms with Gasteiger partial charge in [-0.2, -0.15) is 4.98 Å². The minimum Gasteiger partial charge on any atom is -0.312 e. The van der Waals surface area contributed by atoms with Gasteiger partial charge in [0.05, 0.1) is 5.56 Å². The van der Waals surface area contributed by atoms with Crippen LogP contribution in [0.25, 0.3) is 0 Å². The van der Waals surface area contributed by atoms with Crippen LogP contribution in [-0.4, -0.2) is 21.2 Å². The molecule has 1 aromatic heterocycles. The number of hydrogen-bond donors (Lipinski definition) is 1. The minimum absolute atomic E-state index is 0.122. The molecule has 2 heterocycles. The van der Waals surface area contributed by atoms with Crippen molar-refractivity contribution < 1.29 is 4.79 Å². The quantitative estimate of drug-likeness (QED) is 0.516. The van der Waals surface area contributed by atoms with E-state index < -0.39 is 0 Å². The smallest absolute Gasteiger partial charge is 0.279 e. The number of aromatic nitrogens is 2. The predicted octanol–water partition coefficient (Wildman–Crippen LogP) is 3.19. The van der Waals surface area contributed by atoms with Gasteiger partial charge in [-0.3, -0.25) is 9.59 Å². The highest BCUT2D eigenvalue weighted by Crippen LogP contribution is 2.36. The lowest BCUT2D eigenvalue weighted by Gasteiger charge is -2.27. The molecule has 0 bridgehead atoms. The number of thioether (sulfide) groups is 1. The van der Waals surface area contributed by atoms with E-state index in [1.165, 1.54) is 11.8 Å². The number of amides is 1. The molecule has 124 valence electrons. The second-order valence-corrected chi connectivity index (χ2v) is 6.90. The van der Waals surface area contributed by atoms with Gasteiger partial charge in [0.1, 0.15) is 5.82 Å². The molecule has 1 atom stereocenters. The molecule has 0 fully saturated rings. The fraction of sp³-hybridized carbons (Fsp3) is 0.235. The Balaban J connectivity index is 2.14. The zero-order chi connectivity index (χ0) is 17.3. The largest absolute Gasteiger partial charge is 0.312 e. The molecule has 3 rings (SSSR count). The molecule has 0 unspecified atom stereocenters. The third-order valence-electron chi connectivity index (χ3n) is 3.90. The van der Waals surface area contributed by atoms with Crippen molar-refractivity contribution in [1.82, 2.24) is 9.55 Å². The molecule has 1 N–H and O–H groups in total. The van der Waals surface area contributed by atoms with Crippen LogP contribution < -0.4 is 10.9 Å². The molecular weight excluding hydrogens is 346 g/mol. The fourth-order valence-electron chi connectivity index (χ4n) is 2.78. The maximum atomic E-state index is 12.6. The molecule has 0 spiro atoms. The van der Waals surface area contributed by atoms with Crippen molar-refractivity contribution >= 4 is 35.1 Å². The molecule has 5 nitrogen and oxygen atoms in total. The van der Waals surface area contributed by atoms with Gasteiger partial charge in [0.25, 0.3) is 5.56 Å². The molecule has 2 aromatic rings. The van der Waals surface area contributed by atoms with Crippen LogP contribution in [0, 0.1) is 0 Å². The lowest BCUT2D eigenvalue weighted by Crippen LogP contribution is -2.33. The topological polar surface area (TPSA) is 64.0 Å². The van der Waals surface area contributed by atoms with Crippen molar-refractivity contribution in [3.05, 3.63) is 63.4 Å². The summed E-state index contributed by atoms with van der Waals surface area (Å²) in [5.41, 5.74) is 1.08. The molecule has 1 aliphatic heterocycles. The average Bonchev–Trinajstić information content (AvgIpc) is 2.56. The maximum Gasteiger partial charge on any atom is 0.279 e. The number of nitrogens with zero attached hydrogens (tertiary/aromatic N) is 2. The third kappa shape index (κ3) is 3.12. The Morgan fingerprint density at radius 1 is 1.42 bits per heavy atom. The molecule has 1 aromatic carbocycles. The van der Waals surface area contributed by atoms with Crippen molar-refractivity contribution in [2.75, 3.05) is 11.1 Å². The molecule has 24 heavy (non-hydrogen) atoms. The first-order valence-electron chi connectivity index (χ1n) is 7.41. The summed E-state index contributed by atoms with van der Waals surface area (Å²) in [5, 5.41) is 3.98. The second kappa shape index (κ2) is 6.83. The SMILES string of the molecule is C=CCSc1nc(=O)c2c(n1C)NC(=O)C[C@H]2c1ccc(Cl)cc1. The monoisotopic (exact) mass is 361 g/mol. The van der Waals surface area contributed by atoms with Crippen LogP contribution in [0.15, 0.2) is 46.9 Å². The van der Waals surface area contributed by atoms with E-state index in [0.717, 1.165) is 5.56 Å². The van der Waals surface area contributed by atoms with Crippen molar-refractivity contribution in [1.29, 1.82) is 0 Å². The summed E-state index contributed by atoms with van der Waals surface area (Å²) >= 11 is 7.34. The number of rotatable bonds is 4. The predicted molar refractivity (Wildman–Crippen MR) is 96.9 cm³/mol. The molecule has 0 saturated carbocycles. The van der Waals surface area contributed by atoms with E-state index in [-0.39, 0.29) is 23.8 Å². The van der Waals surface area contributed by atoms with Crippen molar-refractivity contribution in [3.8, 4) is 0 Å². The zero-order valence-electron chi connectivity index (χ0n) is 13.1. The molecule has 0 saturated heterocycles. The van der Waals surface area contributed by atoms with Crippen LogP contribution in [0.3, 0.4) is 0 Å². The lowest BCUT2D eigenvalue weighted by molar-refractivity contribution is -0.116. The average molecular weight is 362 g/mol. The van der Waals surface area contributed by atoms with Gasteiger partial charge in [-0.05, 0) is 17.7 Å². The van der Waals surface area contributed by atoms with Crippen LogP contribution in [-0.2, 0) is 11.8 Å². The van der Waals surface area contributed by atoms with E-state index in [0.29, 0.717) is 27.3 Å². The standard InChI is InChI=1S/C17H16ClN3O2S/c1-3-8-24-17-20-16(23)14-12(10-4-6-11(18)7-5-10)9-13(22)19-15(14)21(17)2/h3-7,12H,1,8-9H2,2H3,(H,19,22)/t12-/m0/s1. The van der Waals surface area contributed by atoms with Gasteiger partial charge in [-0.15, -0.1) is 6.58 Å². The van der Waals surface area contributed by atoms with Crippen LogP contribution in [0.4, 0.5) is 5.82 Å². The minimum atomic E-state index is -0.323. The van der Waals surface area contributed by atoms with Gasteiger partial charge in [0.2, 0.25) is 5.91 Å². The number of halogens is 1. The van der Waals surface area contributed by atoms with Crippen LogP contribution in [0.5, 0.6) is 0 Å². The van der Waals surface area contributed by atoms with Crippen molar-refractivity contribution in [3.63, 3.8) is 0 Å². The maximum absolute atomic E-state index is 12.6. The number of carbonyl (C=O) groups is 1. The van der Waals surface area contributed by atoms with Gasteiger partial charge >= 0.3 is 0 Å². The van der Waals surface area contributed by atoms with Gasteiger partial charge in [-0.1, -0.05) is 41.6 Å². The Bertz CT molecular complexity index is 861. The first-order valence-corrected chi connectivity index (χ1v) is 8.77. The number of carbonyl (C=O) groups excluding carboxylic acids is 1. The van der Waals surface area contributed by atoms with Crippen molar-refractivity contribution in [2.45, 2.75) is 17.5 Å². The van der Waals surface area contributed by atoms with Gasteiger partial charge in [0, 0.05) is 30.2 Å². The number of anilines is 1. The molecule has 1 aliphatic rings. The molecular formula is C17H16ClN3O2S. The van der Waals surface area contributed by atoms with Gasteiger partial charge in [-0.25, -0.2) is 0 Å². The van der Waals surface area contributed by atoms with E-state index in [4.69, 9.17) is 11.6 Å². The summed E-state index contributed by atoms with van der Waals surface area (Å²) in [5.74, 6) is 0.699. The summed E-state index contributed by atoms with van der Waals surface area (Å²) in [4.78, 5) is 29.0. The zero-order valence-corrected chi connectivity index (χ0v) is 14.7. The Kier molecular flexibility index (Phi) is 4.78. The normalized spacial score (nSPS) is 16.4. The number of fused-ring (bicyclic) bond motifs is 1. The summed E-state index contributed by atoms with van der Waals surface area (Å²) in [6.45, 7) is 3.67. The fourth-order valence-corrected chi connectivity index (χ4v) is 3.60. The van der Waals surface area contributed by atoms with E-state index in [1.807, 2.05) is 12.1 Å². The van der Waals surface area contributed by atoms with Crippen LogP contribution >= 0.6 is 23.4 Å². The van der Waals surface area contributed by atoms with E-state index in [9.17, 15) is 9.59 Å². The highest BCUT2D eigenvalue weighted by atomic mass is 35.5. The molecule has 0 aliphatic carbocycles. The van der Waals surface area contributed by atoms with Crippen LogP contribution in [0.1, 0.15) is 23.5 Å². The van der Waals surface area contributed by atoms with E-state index in [2.05, 4.69) is 16.9 Å². The first kappa shape index (κ1) is 16.8.